The fourth-order valence-electron chi connectivity index (χ4n) is 3.92. The Morgan fingerprint density at radius 1 is 0.893 bits per heavy atom. The molecule has 0 radical (unpaired) electrons. The molecule has 2 heterocycles. The number of quaternary nitrogens is 1. The van der Waals surface area contributed by atoms with Gasteiger partial charge in [0.2, 0.25) is 0 Å². The maximum atomic E-state index is 13.6. The van der Waals surface area contributed by atoms with E-state index in [-0.39, 0.29) is 16.3 Å². The Morgan fingerprint density at radius 3 is 2.18 bits per heavy atom. The van der Waals surface area contributed by atoms with Crippen LogP contribution in [0.25, 0.3) is 5.70 Å². The minimum Gasteiger partial charge on any atom is -0.496 e. The number of carbonyl (C=O) groups excluding carboxylic acids is 2. The lowest BCUT2D eigenvalue weighted by Gasteiger charge is -2.26. The van der Waals surface area contributed by atoms with Gasteiger partial charge in [-0.05, 0) is 18.2 Å². The van der Waals surface area contributed by atoms with Crippen LogP contribution in [0.5, 0.6) is 11.5 Å². The molecule has 0 aliphatic carbocycles. The SMILES string of the molecule is COc1ccccc1C1=C2C(=O)[N+](C)(c3ccccc3OC)C=C2C(=O)N1C. The minimum absolute atomic E-state index is 0.160. The van der Waals surface area contributed by atoms with E-state index in [1.54, 1.807) is 34.5 Å². The Kier molecular flexibility index (Phi) is 4.08. The zero-order valence-corrected chi connectivity index (χ0v) is 16.2. The van der Waals surface area contributed by atoms with Crippen molar-refractivity contribution in [3.8, 4) is 11.5 Å². The van der Waals surface area contributed by atoms with Crippen molar-refractivity contribution in [2.24, 2.45) is 0 Å². The number of benzene rings is 2. The van der Waals surface area contributed by atoms with Gasteiger partial charge in [-0.15, -0.1) is 0 Å². The number of rotatable bonds is 4. The van der Waals surface area contributed by atoms with Crippen LogP contribution in [0.4, 0.5) is 5.69 Å². The maximum absolute atomic E-state index is 13.6. The first-order valence-electron chi connectivity index (χ1n) is 8.87. The van der Waals surface area contributed by atoms with Crippen molar-refractivity contribution in [3.05, 3.63) is 71.4 Å². The van der Waals surface area contributed by atoms with Gasteiger partial charge in [0.05, 0.1) is 27.0 Å². The molecule has 0 aromatic heterocycles. The summed E-state index contributed by atoms with van der Waals surface area (Å²) in [6, 6.07) is 14.7. The van der Waals surface area contributed by atoms with Crippen molar-refractivity contribution < 1.29 is 19.1 Å². The van der Waals surface area contributed by atoms with Gasteiger partial charge in [-0.3, -0.25) is 4.79 Å². The number of para-hydroxylation sites is 3. The fourth-order valence-corrected chi connectivity index (χ4v) is 3.92. The highest BCUT2D eigenvalue weighted by Crippen LogP contribution is 2.47. The smallest absolute Gasteiger partial charge is 0.358 e. The number of likely N-dealkylation sites (N-methyl/N-ethyl adjacent to an activating group) is 2. The van der Waals surface area contributed by atoms with Crippen molar-refractivity contribution in [1.29, 1.82) is 0 Å². The van der Waals surface area contributed by atoms with Crippen LogP contribution >= 0.6 is 0 Å². The molecule has 0 N–H and O–H groups in total. The quantitative estimate of drug-likeness (QED) is 0.769. The van der Waals surface area contributed by atoms with Crippen LogP contribution < -0.4 is 14.0 Å². The molecule has 2 aliphatic rings. The summed E-state index contributed by atoms with van der Waals surface area (Å²) in [6.45, 7) is 0. The number of ether oxygens (including phenoxy) is 2. The van der Waals surface area contributed by atoms with Crippen molar-refractivity contribution in [2.45, 2.75) is 0 Å². The summed E-state index contributed by atoms with van der Waals surface area (Å²) in [5.41, 5.74) is 2.77. The Balaban J connectivity index is 1.95. The van der Waals surface area contributed by atoms with E-state index in [2.05, 4.69) is 0 Å². The first-order valence-corrected chi connectivity index (χ1v) is 8.87. The zero-order valence-electron chi connectivity index (χ0n) is 16.2. The summed E-state index contributed by atoms with van der Waals surface area (Å²) >= 11 is 0. The summed E-state index contributed by atoms with van der Waals surface area (Å²) in [6.07, 6.45) is 1.71. The van der Waals surface area contributed by atoms with Crippen LogP contribution in [-0.4, -0.2) is 45.0 Å². The second kappa shape index (κ2) is 6.35. The molecule has 0 saturated carbocycles. The molecule has 142 valence electrons. The maximum Gasteiger partial charge on any atom is 0.358 e. The molecular formula is C22H21N2O4+. The van der Waals surface area contributed by atoms with E-state index in [0.717, 1.165) is 0 Å². The van der Waals surface area contributed by atoms with Crippen LogP contribution in [-0.2, 0) is 9.59 Å². The highest BCUT2D eigenvalue weighted by atomic mass is 16.5. The average Bonchev–Trinajstić information content (AvgIpc) is 3.13. The summed E-state index contributed by atoms with van der Waals surface area (Å²) in [5.74, 6) is 0.812. The molecule has 4 rings (SSSR count). The summed E-state index contributed by atoms with van der Waals surface area (Å²) in [7, 11) is 6.59. The molecule has 0 spiro atoms. The van der Waals surface area contributed by atoms with Gasteiger partial charge in [0.15, 0.2) is 11.4 Å². The normalized spacial score (nSPS) is 21.1. The number of methoxy groups -OCH3 is 2. The van der Waals surface area contributed by atoms with Gasteiger partial charge in [0, 0.05) is 18.7 Å². The predicted molar refractivity (Wildman–Crippen MR) is 106 cm³/mol. The number of fused-ring (bicyclic) bond motifs is 1. The number of amides is 2. The first-order chi connectivity index (χ1) is 13.4. The van der Waals surface area contributed by atoms with Crippen LogP contribution in [0.1, 0.15) is 5.56 Å². The van der Waals surface area contributed by atoms with E-state index in [9.17, 15) is 9.59 Å². The third kappa shape index (κ3) is 2.31. The lowest BCUT2D eigenvalue weighted by molar-refractivity contribution is -0.123. The molecule has 2 amide bonds. The van der Waals surface area contributed by atoms with Crippen molar-refractivity contribution in [3.63, 3.8) is 0 Å². The Labute approximate surface area is 163 Å². The average molecular weight is 377 g/mol. The van der Waals surface area contributed by atoms with Gasteiger partial charge in [-0.2, -0.15) is 4.48 Å². The fraction of sp³-hybridized carbons (Fsp3) is 0.182. The van der Waals surface area contributed by atoms with Gasteiger partial charge in [0.25, 0.3) is 5.91 Å². The van der Waals surface area contributed by atoms with E-state index < -0.39 is 0 Å². The lowest BCUT2D eigenvalue weighted by Crippen LogP contribution is -2.43. The van der Waals surface area contributed by atoms with Crippen LogP contribution in [0, 0.1) is 0 Å². The Morgan fingerprint density at radius 2 is 1.50 bits per heavy atom. The van der Waals surface area contributed by atoms with Crippen molar-refractivity contribution >= 4 is 23.2 Å². The molecule has 1 unspecified atom stereocenters. The molecule has 2 aliphatic heterocycles. The highest BCUT2D eigenvalue weighted by Gasteiger charge is 2.53. The molecule has 28 heavy (non-hydrogen) atoms. The molecule has 2 aromatic rings. The Hall–Kier alpha value is -3.38. The van der Waals surface area contributed by atoms with E-state index >= 15 is 0 Å². The molecular weight excluding hydrogens is 356 g/mol. The second-order valence-electron chi connectivity index (χ2n) is 6.88. The standard InChI is InChI=1S/C22H21N2O4/c1-23-20(14-9-5-7-11-17(14)27-3)19-15(21(23)25)13-24(2,22(19)26)16-10-6-8-12-18(16)28-4/h5-13H,1-4H3/q+1. The van der Waals surface area contributed by atoms with Gasteiger partial charge in [-0.1, -0.05) is 24.3 Å². The van der Waals surface area contributed by atoms with Crippen LogP contribution in [0.15, 0.2) is 65.9 Å². The van der Waals surface area contributed by atoms with Gasteiger partial charge in [-0.25, -0.2) is 4.79 Å². The zero-order chi connectivity index (χ0) is 20.1. The highest BCUT2D eigenvalue weighted by molar-refractivity contribution is 6.27. The molecule has 1 atom stereocenters. The molecule has 6 nitrogen and oxygen atoms in total. The van der Waals surface area contributed by atoms with Gasteiger partial charge in [0.1, 0.15) is 23.1 Å². The summed E-state index contributed by atoms with van der Waals surface area (Å²) in [4.78, 5) is 28.1. The molecule has 0 bridgehead atoms. The molecule has 0 fully saturated rings. The predicted octanol–water partition coefficient (Wildman–Crippen LogP) is 2.95. The lowest BCUT2D eigenvalue weighted by atomic mass is 10.0. The number of carbonyl (C=O) groups is 2. The van der Waals surface area contributed by atoms with Crippen LogP contribution in [0.3, 0.4) is 0 Å². The Bertz CT molecular complexity index is 1070. The van der Waals surface area contributed by atoms with Gasteiger partial charge >= 0.3 is 5.91 Å². The van der Waals surface area contributed by atoms with Gasteiger partial charge < -0.3 is 14.4 Å². The number of hydrogen-bond donors (Lipinski definition) is 0. The molecule has 6 heteroatoms. The topological polar surface area (TPSA) is 55.8 Å². The second-order valence-corrected chi connectivity index (χ2v) is 6.88. The van der Waals surface area contributed by atoms with E-state index in [1.165, 1.54) is 4.90 Å². The van der Waals surface area contributed by atoms with Crippen LogP contribution in [0.2, 0.25) is 0 Å². The number of hydrogen-bond acceptors (Lipinski definition) is 4. The summed E-state index contributed by atoms with van der Waals surface area (Å²) in [5, 5.41) is 0. The summed E-state index contributed by atoms with van der Waals surface area (Å²) < 4.78 is 10.8. The van der Waals surface area contributed by atoms with E-state index in [1.807, 2.05) is 48.5 Å². The molecule has 2 aromatic carbocycles. The third-order valence-corrected chi connectivity index (χ3v) is 5.35. The minimum atomic E-state index is -0.207. The largest absolute Gasteiger partial charge is 0.496 e. The van der Waals surface area contributed by atoms with E-state index in [4.69, 9.17) is 9.47 Å². The monoisotopic (exact) mass is 377 g/mol. The molecule has 0 saturated heterocycles. The van der Waals surface area contributed by atoms with Crippen molar-refractivity contribution in [1.82, 2.24) is 9.38 Å². The van der Waals surface area contributed by atoms with Crippen molar-refractivity contribution in [2.75, 3.05) is 28.3 Å². The first kappa shape index (κ1) is 18.0. The third-order valence-electron chi connectivity index (χ3n) is 5.35. The number of nitrogens with zero attached hydrogens (tertiary/aromatic N) is 2. The van der Waals surface area contributed by atoms with E-state index in [0.29, 0.717) is 39.6 Å².